The number of carbonyl (C=O) groups is 1. The molecule has 0 bridgehead atoms. The summed E-state index contributed by atoms with van der Waals surface area (Å²) in [6, 6.07) is 1.57. The fourth-order valence-electron chi connectivity index (χ4n) is 1.13. The number of hydrogen-bond acceptors (Lipinski definition) is 4. The van der Waals surface area contributed by atoms with Crippen LogP contribution < -0.4 is 5.73 Å². The van der Waals surface area contributed by atoms with E-state index in [1.165, 1.54) is 18.6 Å². The number of nitrogen functional groups attached to an aromatic ring is 1. The van der Waals surface area contributed by atoms with Gasteiger partial charge in [-0.1, -0.05) is 0 Å². The molecule has 5 nitrogen and oxygen atoms in total. The predicted octanol–water partition coefficient (Wildman–Crippen LogP) is 0.618. The van der Waals surface area contributed by atoms with Crippen molar-refractivity contribution in [1.82, 2.24) is 15.0 Å². The van der Waals surface area contributed by atoms with Crippen molar-refractivity contribution < 1.29 is 4.79 Å². The molecule has 0 spiro atoms. The summed E-state index contributed by atoms with van der Waals surface area (Å²) in [5.41, 5.74) is 6.37. The third kappa shape index (κ3) is 1.35. The summed E-state index contributed by atoms with van der Waals surface area (Å²) in [7, 11) is 0. The molecule has 0 aliphatic carbocycles. The van der Waals surface area contributed by atoms with E-state index in [2.05, 4.69) is 15.0 Å². The van der Waals surface area contributed by atoms with Gasteiger partial charge in [0.05, 0.1) is 17.4 Å². The highest BCUT2D eigenvalue weighted by molar-refractivity contribution is 6.09. The monoisotopic (exact) mass is 188 g/mol. The Labute approximate surface area is 80.0 Å². The Morgan fingerprint density at radius 3 is 2.93 bits per heavy atom. The largest absolute Gasteiger partial charge is 0.397 e. The molecule has 0 atom stereocenters. The van der Waals surface area contributed by atoms with Gasteiger partial charge in [-0.2, -0.15) is 0 Å². The average molecular weight is 188 g/mol. The van der Waals surface area contributed by atoms with Crippen LogP contribution in [0.15, 0.2) is 30.9 Å². The summed E-state index contributed by atoms with van der Waals surface area (Å²) in [5, 5.41) is 0. The molecule has 70 valence electrons. The van der Waals surface area contributed by atoms with Gasteiger partial charge in [0.2, 0.25) is 5.78 Å². The zero-order valence-electron chi connectivity index (χ0n) is 7.27. The first kappa shape index (κ1) is 8.43. The van der Waals surface area contributed by atoms with Crippen molar-refractivity contribution in [2.75, 3.05) is 5.73 Å². The topological polar surface area (TPSA) is 84.7 Å². The molecule has 0 saturated heterocycles. The van der Waals surface area contributed by atoms with Crippen molar-refractivity contribution in [3.8, 4) is 0 Å². The van der Waals surface area contributed by atoms with Gasteiger partial charge in [0, 0.05) is 18.6 Å². The number of ketones is 1. The number of anilines is 1. The Kier molecular flexibility index (Phi) is 1.98. The lowest BCUT2D eigenvalue weighted by Crippen LogP contribution is -2.07. The van der Waals surface area contributed by atoms with E-state index in [0.29, 0.717) is 11.3 Å². The number of rotatable bonds is 2. The van der Waals surface area contributed by atoms with Crippen molar-refractivity contribution in [3.05, 3.63) is 42.2 Å². The van der Waals surface area contributed by atoms with Crippen LogP contribution in [-0.2, 0) is 0 Å². The highest BCUT2D eigenvalue weighted by atomic mass is 16.1. The molecule has 3 N–H and O–H groups in total. The standard InChI is InChI=1S/C9H8N4O/c10-7-5-11-2-1-6(7)8(14)9-12-3-4-13-9/h1-5H,10H2,(H,12,13). The van der Waals surface area contributed by atoms with Gasteiger partial charge >= 0.3 is 0 Å². The average Bonchev–Trinajstić information content (AvgIpc) is 2.70. The maximum Gasteiger partial charge on any atom is 0.230 e. The third-order valence-corrected chi connectivity index (χ3v) is 1.81. The smallest absolute Gasteiger partial charge is 0.230 e. The molecule has 2 aromatic rings. The zero-order chi connectivity index (χ0) is 9.97. The van der Waals surface area contributed by atoms with Crippen molar-refractivity contribution in [3.63, 3.8) is 0 Å². The molecule has 5 heteroatoms. The summed E-state index contributed by atoms with van der Waals surface area (Å²) in [6.07, 6.45) is 6.07. The van der Waals surface area contributed by atoms with Crippen LogP contribution in [0.1, 0.15) is 16.2 Å². The molecule has 14 heavy (non-hydrogen) atoms. The van der Waals surface area contributed by atoms with Crippen LogP contribution in [0.3, 0.4) is 0 Å². The number of imidazole rings is 1. The first-order valence-corrected chi connectivity index (χ1v) is 4.02. The number of H-pyrrole nitrogens is 1. The molecule has 0 fully saturated rings. The highest BCUT2D eigenvalue weighted by Crippen LogP contribution is 2.12. The van der Waals surface area contributed by atoms with E-state index < -0.39 is 0 Å². The number of pyridine rings is 1. The van der Waals surface area contributed by atoms with Gasteiger partial charge in [0.15, 0.2) is 5.82 Å². The number of nitrogens with two attached hydrogens (primary N) is 1. The number of nitrogens with one attached hydrogen (secondary N) is 1. The van der Waals surface area contributed by atoms with E-state index in [1.54, 1.807) is 12.3 Å². The normalized spacial score (nSPS) is 10.0. The van der Waals surface area contributed by atoms with Crippen molar-refractivity contribution >= 4 is 11.5 Å². The van der Waals surface area contributed by atoms with Gasteiger partial charge in [0.1, 0.15) is 0 Å². The van der Waals surface area contributed by atoms with E-state index in [1.807, 2.05) is 0 Å². The lowest BCUT2D eigenvalue weighted by molar-refractivity contribution is 0.103. The van der Waals surface area contributed by atoms with Crippen molar-refractivity contribution in [2.24, 2.45) is 0 Å². The molecular formula is C9H8N4O. The van der Waals surface area contributed by atoms with E-state index in [0.717, 1.165) is 0 Å². The SMILES string of the molecule is Nc1cnccc1C(=O)c1ncc[nH]1. The van der Waals surface area contributed by atoms with Gasteiger partial charge in [-0.3, -0.25) is 9.78 Å². The summed E-state index contributed by atoms with van der Waals surface area (Å²) < 4.78 is 0. The molecule has 2 rings (SSSR count). The van der Waals surface area contributed by atoms with E-state index in [4.69, 9.17) is 5.73 Å². The third-order valence-electron chi connectivity index (χ3n) is 1.81. The van der Waals surface area contributed by atoms with Gasteiger partial charge in [-0.15, -0.1) is 0 Å². The molecule has 0 amide bonds. The zero-order valence-corrected chi connectivity index (χ0v) is 7.27. The van der Waals surface area contributed by atoms with Crippen molar-refractivity contribution in [2.45, 2.75) is 0 Å². The lowest BCUT2D eigenvalue weighted by Gasteiger charge is -2.00. The van der Waals surface area contributed by atoms with Crippen LogP contribution in [0.5, 0.6) is 0 Å². The number of carbonyl (C=O) groups excluding carboxylic acids is 1. The Morgan fingerprint density at radius 2 is 2.29 bits per heavy atom. The minimum Gasteiger partial charge on any atom is -0.397 e. The van der Waals surface area contributed by atoms with Crippen LogP contribution >= 0.6 is 0 Å². The maximum atomic E-state index is 11.7. The number of aromatic amines is 1. The van der Waals surface area contributed by atoms with Crippen LogP contribution in [-0.4, -0.2) is 20.7 Å². The molecule has 0 unspecified atom stereocenters. The van der Waals surface area contributed by atoms with Crippen molar-refractivity contribution in [1.29, 1.82) is 0 Å². The Bertz CT molecular complexity index is 450. The maximum absolute atomic E-state index is 11.7. The Balaban J connectivity index is 2.42. The Morgan fingerprint density at radius 1 is 1.43 bits per heavy atom. The lowest BCUT2D eigenvalue weighted by atomic mass is 10.1. The van der Waals surface area contributed by atoms with E-state index in [-0.39, 0.29) is 11.6 Å². The van der Waals surface area contributed by atoms with Gasteiger partial charge < -0.3 is 10.7 Å². The molecule has 2 aromatic heterocycles. The highest BCUT2D eigenvalue weighted by Gasteiger charge is 2.13. The molecule has 0 aliphatic rings. The van der Waals surface area contributed by atoms with Gasteiger partial charge in [0.25, 0.3) is 0 Å². The molecule has 0 radical (unpaired) electrons. The number of nitrogens with zero attached hydrogens (tertiary/aromatic N) is 2. The van der Waals surface area contributed by atoms with Crippen LogP contribution in [0.4, 0.5) is 5.69 Å². The molecule has 0 saturated carbocycles. The predicted molar refractivity (Wildman–Crippen MR) is 50.7 cm³/mol. The van der Waals surface area contributed by atoms with Crippen LogP contribution in [0, 0.1) is 0 Å². The second kappa shape index (κ2) is 3.29. The minimum absolute atomic E-state index is 0.227. The number of aromatic nitrogens is 3. The van der Waals surface area contributed by atoms with Gasteiger partial charge in [-0.25, -0.2) is 4.98 Å². The summed E-state index contributed by atoms with van der Waals surface area (Å²) >= 11 is 0. The summed E-state index contributed by atoms with van der Waals surface area (Å²) in [6.45, 7) is 0. The quantitative estimate of drug-likeness (QED) is 0.676. The fourth-order valence-corrected chi connectivity index (χ4v) is 1.13. The van der Waals surface area contributed by atoms with Crippen LogP contribution in [0.25, 0.3) is 0 Å². The van der Waals surface area contributed by atoms with E-state index >= 15 is 0 Å². The van der Waals surface area contributed by atoms with E-state index in [9.17, 15) is 4.79 Å². The Hall–Kier alpha value is -2.17. The second-order valence-electron chi connectivity index (χ2n) is 2.73. The van der Waals surface area contributed by atoms with Crippen LogP contribution in [0.2, 0.25) is 0 Å². The van der Waals surface area contributed by atoms with Gasteiger partial charge in [-0.05, 0) is 6.07 Å². The fraction of sp³-hybridized carbons (Fsp3) is 0. The second-order valence-corrected chi connectivity index (χ2v) is 2.73. The minimum atomic E-state index is -0.227. The first-order chi connectivity index (χ1) is 6.79. The molecule has 0 aromatic carbocycles. The summed E-state index contributed by atoms with van der Waals surface area (Å²) in [4.78, 5) is 22.1. The first-order valence-electron chi connectivity index (χ1n) is 4.02. The number of hydrogen-bond donors (Lipinski definition) is 2. The molecule has 2 heterocycles. The summed E-state index contributed by atoms with van der Waals surface area (Å²) in [5.74, 6) is 0.0535. The molecule has 0 aliphatic heterocycles. The molecular weight excluding hydrogens is 180 g/mol.